The van der Waals surface area contributed by atoms with Crippen LogP contribution in [0.25, 0.3) is 0 Å². The Balaban J connectivity index is 2.34. The second kappa shape index (κ2) is 3.56. The van der Waals surface area contributed by atoms with Gasteiger partial charge in [-0.3, -0.25) is 4.79 Å². The third-order valence-electron chi connectivity index (χ3n) is 1.88. The average molecular weight is 154 g/mol. The fourth-order valence-corrected chi connectivity index (χ4v) is 1.40. The number of carbonyl (C=O) groups excluding carboxylic acids is 1. The van der Waals surface area contributed by atoms with Crippen LogP contribution in [0.2, 0.25) is 0 Å². The Labute approximate surface area is 67.2 Å². The van der Waals surface area contributed by atoms with E-state index in [-0.39, 0.29) is 5.97 Å². The Morgan fingerprint density at radius 2 is 2.55 bits per heavy atom. The lowest BCUT2D eigenvalue weighted by Gasteiger charge is -2.20. The second-order valence-electron chi connectivity index (χ2n) is 3.24. The van der Waals surface area contributed by atoms with E-state index < -0.39 is 0 Å². The monoisotopic (exact) mass is 154 g/mol. The number of carbonyl (C=O) groups is 1. The number of hydrogen-bond acceptors (Lipinski definition) is 2. The molecule has 1 aliphatic rings. The summed E-state index contributed by atoms with van der Waals surface area (Å²) in [6, 6.07) is 0. The van der Waals surface area contributed by atoms with E-state index in [4.69, 9.17) is 4.74 Å². The molecule has 11 heavy (non-hydrogen) atoms. The first-order valence-electron chi connectivity index (χ1n) is 3.98. The van der Waals surface area contributed by atoms with Crippen molar-refractivity contribution in [1.82, 2.24) is 0 Å². The molecule has 1 saturated heterocycles. The van der Waals surface area contributed by atoms with Crippen LogP contribution < -0.4 is 0 Å². The maximum atomic E-state index is 10.8. The lowest BCUT2D eigenvalue weighted by atomic mass is 9.93. The summed E-state index contributed by atoms with van der Waals surface area (Å²) in [7, 11) is 0. The van der Waals surface area contributed by atoms with Gasteiger partial charge >= 0.3 is 5.97 Å². The summed E-state index contributed by atoms with van der Waals surface area (Å²) in [6.07, 6.45) is 2.54. The molecule has 0 amide bonds. The molecule has 0 aromatic heterocycles. The molecule has 1 atom stereocenters. The highest BCUT2D eigenvalue weighted by atomic mass is 16.5. The van der Waals surface area contributed by atoms with Crippen LogP contribution in [0.4, 0.5) is 0 Å². The van der Waals surface area contributed by atoms with Gasteiger partial charge in [0.15, 0.2) is 0 Å². The van der Waals surface area contributed by atoms with Crippen LogP contribution in [0.15, 0.2) is 12.2 Å². The normalized spacial score (nSPS) is 24.5. The van der Waals surface area contributed by atoms with E-state index in [0.717, 1.165) is 18.4 Å². The summed E-state index contributed by atoms with van der Waals surface area (Å²) in [4.78, 5) is 10.8. The fraction of sp³-hybridized carbons (Fsp3) is 0.667. The van der Waals surface area contributed by atoms with Crippen molar-refractivity contribution in [2.45, 2.75) is 26.2 Å². The summed E-state index contributed by atoms with van der Waals surface area (Å²) in [5.74, 6) is 0.427. The number of hydrogen-bond donors (Lipinski definition) is 0. The molecule has 1 fully saturated rings. The van der Waals surface area contributed by atoms with E-state index in [9.17, 15) is 4.79 Å². The third kappa shape index (κ3) is 2.74. The standard InChI is InChI=1S/C9H14O2/c1-7(2)5-8-3-4-11-9(10)6-8/h8H,1,3-6H2,2H3. The van der Waals surface area contributed by atoms with E-state index >= 15 is 0 Å². The highest BCUT2D eigenvalue weighted by molar-refractivity contribution is 5.70. The van der Waals surface area contributed by atoms with Crippen molar-refractivity contribution in [1.29, 1.82) is 0 Å². The second-order valence-corrected chi connectivity index (χ2v) is 3.24. The Kier molecular flexibility index (Phi) is 2.69. The van der Waals surface area contributed by atoms with Crippen molar-refractivity contribution in [3.05, 3.63) is 12.2 Å². The molecule has 0 aliphatic carbocycles. The Bertz CT molecular complexity index is 170. The quantitative estimate of drug-likeness (QED) is 0.448. The van der Waals surface area contributed by atoms with Gasteiger partial charge in [0.2, 0.25) is 0 Å². The Morgan fingerprint density at radius 3 is 3.09 bits per heavy atom. The summed E-state index contributed by atoms with van der Waals surface area (Å²) in [6.45, 7) is 6.42. The van der Waals surface area contributed by atoms with E-state index in [1.165, 1.54) is 0 Å². The van der Waals surface area contributed by atoms with Crippen LogP contribution in [0.5, 0.6) is 0 Å². The van der Waals surface area contributed by atoms with Crippen LogP contribution in [-0.4, -0.2) is 12.6 Å². The molecule has 0 spiro atoms. The molecule has 62 valence electrons. The molecular formula is C9H14O2. The maximum absolute atomic E-state index is 10.8. The molecule has 0 saturated carbocycles. The number of ether oxygens (including phenoxy) is 1. The Morgan fingerprint density at radius 1 is 1.82 bits per heavy atom. The minimum absolute atomic E-state index is 0.0532. The summed E-state index contributed by atoms with van der Waals surface area (Å²) in [5.41, 5.74) is 1.16. The van der Waals surface area contributed by atoms with Crippen LogP contribution in [0.1, 0.15) is 26.2 Å². The highest BCUT2D eigenvalue weighted by Gasteiger charge is 2.19. The first-order chi connectivity index (χ1) is 5.18. The average Bonchev–Trinajstić information content (AvgIpc) is 1.85. The number of rotatable bonds is 2. The van der Waals surface area contributed by atoms with Gasteiger partial charge in [-0.25, -0.2) is 0 Å². The van der Waals surface area contributed by atoms with Crippen molar-refractivity contribution < 1.29 is 9.53 Å². The molecule has 1 rings (SSSR count). The molecule has 0 bridgehead atoms. The van der Waals surface area contributed by atoms with Gasteiger partial charge in [0, 0.05) is 6.42 Å². The van der Waals surface area contributed by atoms with Gasteiger partial charge in [0.05, 0.1) is 6.61 Å². The van der Waals surface area contributed by atoms with E-state index in [2.05, 4.69) is 6.58 Å². The molecule has 1 aliphatic heterocycles. The topological polar surface area (TPSA) is 26.3 Å². The summed E-state index contributed by atoms with van der Waals surface area (Å²) >= 11 is 0. The lowest BCUT2D eigenvalue weighted by Crippen LogP contribution is -2.20. The smallest absolute Gasteiger partial charge is 0.306 e. The van der Waals surface area contributed by atoms with Crippen LogP contribution >= 0.6 is 0 Å². The van der Waals surface area contributed by atoms with E-state index in [0.29, 0.717) is 18.9 Å². The molecule has 0 aromatic rings. The molecule has 0 aromatic carbocycles. The van der Waals surface area contributed by atoms with Crippen molar-refractivity contribution >= 4 is 5.97 Å². The molecule has 0 radical (unpaired) electrons. The number of esters is 1. The largest absolute Gasteiger partial charge is 0.466 e. The van der Waals surface area contributed by atoms with Gasteiger partial charge in [-0.1, -0.05) is 5.57 Å². The summed E-state index contributed by atoms with van der Waals surface area (Å²) < 4.78 is 4.82. The molecule has 1 heterocycles. The van der Waals surface area contributed by atoms with E-state index in [1.807, 2.05) is 6.92 Å². The van der Waals surface area contributed by atoms with Crippen molar-refractivity contribution in [3.63, 3.8) is 0 Å². The predicted molar refractivity (Wildman–Crippen MR) is 43.1 cm³/mol. The van der Waals surface area contributed by atoms with Gasteiger partial charge < -0.3 is 4.74 Å². The SMILES string of the molecule is C=C(C)CC1CCOC(=O)C1. The molecule has 1 unspecified atom stereocenters. The van der Waals surface area contributed by atoms with Crippen molar-refractivity contribution in [2.75, 3.05) is 6.61 Å². The van der Waals surface area contributed by atoms with E-state index in [1.54, 1.807) is 0 Å². The van der Waals surface area contributed by atoms with Crippen LogP contribution in [0.3, 0.4) is 0 Å². The van der Waals surface area contributed by atoms with Gasteiger partial charge in [-0.05, 0) is 25.7 Å². The van der Waals surface area contributed by atoms with Crippen LogP contribution in [-0.2, 0) is 9.53 Å². The molecular weight excluding hydrogens is 140 g/mol. The first-order valence-corrected chi connectivity index (χ1v) is 3.98. The number of cyclic esters (lactones) is 1. The van der Waals surface area contributed by atoms with Crippen molar-refractivity contribution in [2.24, 2.45) is 5.92 Å². The third-order valence-corrected chi connectivity index (χ3v) is 1.88. The molecule has 2 heteroatoms. The van der Waals surface area contributed by atoms with Gasteiger partial charge in [-0.2, -0.15) is 0 Å². The zero-order chi connectivity index (χ0) is 8.27. The highest BCUT2D eigenvalue weighted by Crippen LogP contribution is 2.22. The van der Waals surface area contributed by atoms with Gasteiger partial charge in [0.25, 0.3) is 0 Å². The predicted octanol–water partition coefficient (Wildman–Crippen LogP) is 1.91. The molecule has 2 nitrogen and oxygen atoms in total. The molecule has 0 N–H and O–H groups in total. The summed E-state index contributed by atoms with van der Waals surface area (Å²) in [5, 5.41) is 0. The van der Waals surface area contributed by atoms with Crippen LogP contribution in [0, 0.1) is 5.92 Å². The maximum Gasteiger partial charge on any atom is 0.306 e. The minimum atomic E-state index is -0.0532. The van der Waals surface area contributed by atoms with Crippen molar-refractivity contribution in [3.8, 4) is 0 Å². The lowest BCUT2D eigenvalue weighted by molar-refractivity contribution is -0.149. The first kappa shape index (κ1) is 8.31. The number of allylic oxidation sites excluding steroid dienone is 1. The van der Waals surface area contributed by atoms with Gasteiger partial charge in [0.1, 0.15) is 0 Å². The zero-order valence-corrected chi connectivity index (χ0v) is 6.93. The zero-order valence-electron chi connectivity index (χ0n) is 6.93. The fourth-order valence-electron chi connectivity index (χ4n) is 1.40. The Hall–Kier alpha value is -0.790. The minimum Gasteiger partial charge on any atom is -0.466 e. The van der Waals surface area contributed by atoms with Gasteiger partial charge in [-0.15, -0.1) is 6.58 Å².